The maximum Gasteiger partial charge on any atom is 0.420 e. The normalized spacial score (nSPS) is 23.4. The minimum absolute atomic E-state index is 0.000310. The van der Waals surface area contributed by atoms with Crippen molar-refractivity contribution in [1.29, 1.82) is 0 Å². The minimum atomic E-state index is 0.000310. The van der Waals surface area contributed by atoms with Crippen molar-refractivity contribution >= 4 is 23.8 Å². The Labute approximate surface area is 239 Å². The summed E-state index contributed by atoms with van der Waals surface area (Å²) in [5.41, 5.74) is 8.80. The number of rotatable bonds is 8. The third kappa shape index (κ3) is 7.18. The summed E-state index contributed by atoms with van der Waals surface area (Å²) < 4.78 is 6.49. The molecule has 9 heteroatoms. The standard InChI is InChI=1S/C31H45N7O2/c1-21(2)16-23(4)25-17-27(19-33-18-25)36-31(39)38(6)14-12-37(13-15-38)30-28(8-7-11-34-30)40-20-26-10-9-22(3)24(5)29(32)35-26/h7-11,17,19,21-23,25H,12-16,18,20,32H2,1-6H3/p+1. The monoisotopic (exact) mass is 548 g/mol. The van der Waals surface area contributed by atoms with E-state index in [1.54, 1.807) is 12.4 Å². The van der Waals surface area contributed by atoms with Gasteiger partial charge in [0.1, 0.15) is 25.5 Å². The molecule has 1 saturated heterocycles. The van der Waals surface area contributed by atoms with Crippen LogP contribution in [0.1, 0.15) is 41.0 Å². The lowest BCUT2D eigenvalue weighted by molar-refractivity contribution is -0.830. The summed E-state index contributed by atoms with van der Waals surface area (Å²) in [5, 5.41) is 3.16. The molecule has 1 aromatic rings. The van der Waals surface area contributed by atoms with Crippen molar-refractivity contribution in [2.45, 2.75) is 41.0 Å². The lowest BCUT2D eigenvalue weighted by Gasteiger charge is -2.40. The van der Waals surface area contributed by atoms with E-state index in [2.05, 4.69) is 65.0 Å². The van der Waals surface area contributed by atoms with Gasteiger partial charge in [-0.1, -0.05) is 39.8 Å². The number of ether oxygens (including phenoxy) is 1. The number of nitrogens with one attached hydrogen (secondary N) is 1. The van der Waals surface area contributed by atoms with Crippen molar-refractivity contribution in [3.05, 3.63) is 53.6 Å². The smallest absolute Gasteiger partial charge is 0.420 e. The number of nitrogens with zero attached hydrogens (tertiary/aromatic N) is 5. The maximum absolute atomic E-state index is 13.4. The second-order valence-electron chi connectivity index (χ2n) is 12.1. The van der Waals surface area contributed by atoms with E-state index in [4.69, 9.17) is 10.5 Å². The molecule has 0 aromatic carbocycles. The number of carbonyl (C=O) groups excluding carboxylic acids is 1. The number of likely N-dealkylation sites (N-methyl/N-ethyl adjacent to an activating group) is 1. The third-order valence-corrected chi connectivity index (χ3v) is 8.34. The van der Waals surface area contributed by atoms with Gasteiger partial charge in [-0.15, -0.1) is 0 Å². The van der Waals surface area contributed by atoms with Gasteiger partial charge >= 0.3 is 6.03 Å². The second kappa shape index (κ2) is 12.8. The van der Waals surface area contributed by atoms with E-state index in [-0.39, 0.29) is 11.9 Å². The highest BCUT2D eigenvalue weighted by Crippen LogP contribution is 2.28. The topological polar surface area (TPSA) is 105 Å². The van der Waals surface area contributed by atoms with Gasteiger partial charge in [-0.3, -0.25) is 10.3 Å². The van der Waals surface area contributed by atoms with Crippen LogP contribution in [0.15, 0.2) is 63.6 Å². The number of carbonyl (C=O) groups is 1. The molecule has 0 radical (unpaired) electrons. The van der Waals surface area contributed by atoms with Crippen LogP contribution in [0.4, 0.5) is 10.6 Å². The average molecular weight is 549 g/mol. The van der Waals surface area contributed by atoms with Crippen LogP contribution in [0.3, 0.4) is 0 Å². The van der Waals surface area contributed by atoms with E-state index < -0.39 is 0 Å². The molecule has 4 heterocycles. The number of amides is 2. The number of pyridine rings is 1. The SMILES string of the molecule is CC1=C(N)N=C(COc2cccnc2N2CC[N+](C)(C(=O)NC3=CC(C(C)CC(C)C)CN=C3)CC2)C=CC1C. The Morgan fingerprint density at radius 2 is 2.02 bits per heavy atom. The Hall–Kier alpha value is -3.46. The molecular formula is C31H46N7O2+. The van der Waals surface area contributed by atoms with Gasteiger partial charge in [0.15, 0.2) is 11.6 Å². The summed E-state index contributed by atoms with van der Waals surface area (Å²) in [6.45, 7) is 14.7. The highest BCUT2D eigenvalue weighted by Gasteiger charge is 2.38. The maximum atomic E-state index is 13.4. The summed E-state index contributed by atoms with van der Waals surface area (Å²) in [6, 6.07) is 3.80. The Balaban J connectivity index is 1.36. The first-order valence-electron chi connectivity index (χ1n) is 14.5. The highest BCUT2D eigenvalue weighted by molar-refractivity contribution is 5.97. The molecule has 3 aliphatic heterocycles. The summed E-state index contributed by atoms with van der Waals surface area (Å²) in [4.78, 5) is 29.3. The van der Waals surface area contributed by atoms with Crippen molar-refractivity contribution in [2.24, 2.45) is 39.4 Å². The number of allylic oxidation sites excluding steroid dienone is 3. The number of aromatic nitrogens is 1. The zero-order valence-corrected chi connectivity index (χ0v) is 24.9. The Kier molecular flexibility index (Phi) is 9.45. The van der Waals surface area contributed by atoms with Gasteiger partial charge in [-0.2, -0.15) is 0 Å². The molecule has 1 aromatic heterocycles. The predicted molar refractivity (Wildman–Crippen MR) is 163 cm³/mol. The molecule has 3 unspecified atom stereocenters. The van der Waals surface area contributed by atoms with E-state index in [9.17, 15) is 4.79 Å². The molecule has 1 fully saturated rings. The molecule has 0 bridgehead atoms. The summed E-state index contributed by atoms with van der Waals surface area (Å²) >= 11 is 0. The fraction of sp³-hybridized carbons (Fsp3) is 0.548. The second-order valence-corrected chi connectivity index (χ2v) is 12.1. The quantitative estimate of drug-likeness (QED) is 0.464. The number of nitrogens with two attached hydrogens (primary N) is 1. The molecule has 3 aliphatic rings. The van der Waals surface area contributed by atoms with E-state index in [0.29, 0.717) is 66.6 Å². The molecular weight excluding hydrogens is 502 g/mol. The number of urea groups is 1. The van der Waals surface area contributed by atoms with Crippen LogP contribution in [0, 0.1) is 23.7 Å². The lowest BCUT2D eigenvalue weighted by atomic mass is 9.85. The Morgan fingerprint density at radius 3 is 2.75 bits per heavy atom. The van der Waals surface area contributed by atoms with Gasteiger partial charge in [-0.05, 0) is 54.9 Å². The van der Waals surface area contributed by atoms with E-state index in [1.807, 2.05) is 32.2 Å². The van der Waals surface area contributed by atoms with Crippen molar-refractivity contribution in [2.75, 3.05) is 51.3 Å². The first-order chi connectivity index (χ1) is 19.1. The van der Waals surface area contributed by atoms with Crippen LogP contribution >= 0.6 is 0 Å². The fourth-order valence-corrected chi connectivity index (χ4v) is 5.39. The number of hydrogen-bond donors (Lipinski definition) is 2. The highest BCUT2D eigenvalue weighted by atomic mass is 16.5. The van der Waals surface area contributed by atoms with Crippen LogP contribution < -0.4 is 20.7 Å². The van der Waals surface area contributed by atoms with Gasteiger partial charge in [-0.25, -0.2) is 19.3 Å². The molecule has 3 atom stereocenters. The summed E-state index contributed by atoms with van der Waals surface area (Å²) in [5.74, 6) is 3.79. The van der Waals surface area contributed by atoms with Crippen LogP contribution in [0.25, 0.3) is 0 Å². The van der Waals surface area contributed by atoms with Gasteiger partial charge in [0.25, 0.3) is 0 Å². The van der Waals surface area contributed by atoms with Crippen molar-refractivity contribution in [1.82, 2.24) is 10.3 Å². The summed E-state index contributed by atoms with van der Waals surface area (Å²) in [6.07, 6.45) is 11.0. The first kappa shape index (κ1) is 29.5. The molecule has 2 amide bonds. The molecule has 3 N–H and O–H groups in total. The summed E-state index contributed by atoms with van der Waals surface area (Å²) in [7, 11) is 2.00. The van der Waals surface area contributed by atoms with Crippen LogP contribution in [0.5, 0.6) is 5.75 Å². The molecule has 4 rings (SSSR count). The van der Waals surface area contributed by atoms with E-state index >= 15 is 0 Å². The molecule has 216 valence electrons. The minimum Gasteiger partial charge on any atom is -0.483 e. The molecule has 9 nitrogen and oxygen atoms in total. The number of aliphatic imine (C=N–C) groups is 2. The van der Waals surface area contributed by atoms with Gasteiger partial charge in [0.05, 0.1) is 31.5 Å². The number of anilines is 1. The Morgan fingerprint density at radius 1 is 1.27 bits per heavy atom. The van der Waals surface area contributed by atoms with Gasteiger partial charge in [0, 0.05) is 24.9 Å². The first-order valence-corrected chi connectivity index (χ1v) is 14.5. The Bertz CT molecular complexity index is 1220. The predicted octanol–water partition coefficient (Wildman–Crippen LogP) is 4.54. The number of piperazine rings is 1. The lowest BCUT2D eigenvalue weighted by Crippen LogP contribution is -2.63. The van der Waals surface area contributed by atoms with Crippen LogP contribution in [-0.2, 0) is 0 Å². The zero-order chi connectivity index (χ0) is 28.9. The zero-order valence-electron chi connectivity index (χ0n) is 24.9. The van der Waals surface area contributed by atoms with Crippen molar-refractivity contribution in [3.63, 3.8) is 0 Å². The average Bonchev–Trinajstić information content (AvgIpc) is 3.05. The fourth-order valence-electron chi connectivity index (χ4n) is 5.39. The van der Waals surface area contributed by atoms with Gasteiger partial charge < -0.3 is 15.4 Å². The van der Waals surface area contributed by atoms with Crippen LogP contribution in [0.2, 0.25) is 0 Å². The number of quaternary nitrogens is 1. The largest absolute Gasteiger partial charge is 0.483 e. The van der Waals surface area contributed by atoms with Crippen molar-refractivity contribution < 1.29 is 14.0 Å². The molecule has 0 saturated carbocycles. The van der Waals surface area contributed by atoms with Crippen LogP contribution in [-0.4, -0.2) is 73.8 Å². The number of hydrogen-bond acceptors (Lipinski definition) is 7. The third-order valence-electron chi connectivity index (χ3n) is 8.34. The molecule has 40 heavy (non-hydrogen) atoms. The van der Waals surface area contributed by atoms with Gasteiger partial charge in [0.2, 0.25) is 0 Å². The molecule has 0 aliphatic carbocycles. The van der Waals surface area contributed by atoms with Crippen molar-refractivity contribution in [3.8, 4) is 5.75 Å². The van der Waals surface area contributed by atoms with E-state index in [0.717, 1.165) is 35.8 Å². The van der Waals surface area contributed by atoms with E-state index in [1.165, 1.54) is 0 Å². The molecule has 0 spiro atoms. The number of dihydropyridines is 1.